The predicted molar refractivity (Wildman–Crippen MR) is 30.5 cm³/mol. The molecule has 0 amide bonds. The molecule has 0 aromatic heterocycles. The molecule has 0 aromatic rings. The van der Waals surface area contributed by atoms with Crippen LogP contribution in [0.15, 0.2) is 12.4 Å². The fourth-order valence-corrected chi connectivity index (χ4v) is 0.831. The molecule has 0 aliphatic carbocycles. The molecule has 4 nitrogen and oxygen atoms in total. The summed E-state index contributed by atoms with van der Waals surface area (Å²) in [6.07, 6.45) is 3.20. The third-order valence-corrected chi connectivity index (χ3v) is 1.35. The van der Waals surface area contributed by atoms with Crippen LogP contribution in [0.3, 0.4) is 0 Å². The maximum absolute atomic E-state index is 8.90. The van der Waals surface area contributed by atoms with Crippen molar-refractivity contribution in [2.24, 2.45) is 0 Å². The maximum atomic E-state index is 8.90. The van der Waals surface area contributed by atoms with Gasteiger partial charge in [-0.2, -0.15) is 0 Å². The van der Waals surface area contributed by atoms with Gasteiger partial charge in [-0.3, -0.25) is 10.4 Å². The summed E-state index contributed by atoms with van der Waals surface area (Å²) in [7, 11) is 0. The number of rotatable bonds is 1. The topological polar surface area (TPSA) is 46.9 Å². The summed E-state index contributed by atoms with van der Waals surface area (Å²) >= 11 is 0. The van der Waals surface area contributed by atoms with Crippen LogP contribution in [0.2, 0.25) is 0 Å². The summed E-state index contributed by atoms with van der Waals surface area (Å²) in [5, 5.41) is 19.8. The Labute approximate surface area is 53.5 Å². The molecule has 0 saturated heterocycles. The summed E-state index contributed by atoms with van der Waals surface area (Å²) in [4.78, 5) is 0. The lowest BCUT2D eigenvalue weighted by atomic mass is 10.4. The zero-order valence-corrected chi connectivity index (χ0v) is 5.23. The highest BCUT2D eigenvalue weighted by molar-refractivity contribution is 4.87. The molecule has 4 heteroatoms. The van der Waals surface area contributed by atoms with Gasteiger partial charge in [0.05, 0.1) is 0 Å². The van der Waals surface area contributed by atoms with Gasteiger partial charge in [0.2, 0.25) is 0 Å². The Morgan fingerprint density at radius 3 is 2.00 bits per heavy atom. The molecular weight excluding hydrogens is 120 g/mol. The van der Waals surface area contributed by atoms with Crippen LogP contribution in [0.4, 0.5) is 0 Å². The minimum Gasteiger partial charge on any atom is -0.287 e. The molecule has 0 radical (unpaired) electrons. The third kappa shape index (κ3) is 0.988. The van der Waals surface area contributed by atoms with Gasteiger partial charge in [-0.25, -0.2) is 10.1 Å². The Kier molecular flexibility index (Phi) is 1.59. The first-order chi connectivity index (χ1) is 4.25. The fourth-order valence-electron chi connectivity index (χ4n) is 0.831. The fraction of sp³-hybridized carbons (Fsp3) is 0.600. The van der Waals surface area contributed by atoms with E-state index in [9.17, 15) is 0 Å². The largest absolute Gasteiger partial charge is 0.287 e. The highest BCUT2D eigenvalue weighted by atomic mass is 16.6. The van der Waals surface area contributed by atoms with Crippen LogP contribution < -0.4 is 0 Å². The van der Waals surface area contributed by atoms with E-state index >= 15 is 0 Å². The van der Waals surface area contributed by atoms with Gasteiger partial charge in [0.25, 0.3) is 0 Å². The number of hydrogen-bond acceptors (Lipinski definition) is 4. The SMILES string of the molecule is CCC1N(O)C=CN1O. The van der Waals surface area contributed by atoms with Gasteiger partial charge < -0.3 is 0 Å². The Morgan fingerprint density at radius 2 is 1.78 bits per heavy atom. The standard InChI is InChI=1S/C5H10N2O2/c1-2-5-6(8)3-4-7(5)9/h3-5,8-9H,2H2,1H3. The number of nitrogens with zero attached hydrogens (tertiary/aromatic N) is 2. The van der Waals surface area contributed by atoms with Crippen molar-refractivity contribution in [1.82, 2.24) is 10.1 Å². The minimum atomic E-state index is -0.301. The molecule has 1 aliphatic heterocycles. The van der Waals surface area contributed by atoms with Crippen LogP contribution in [0, 0.1) is 0 Å². The van der Waals surface area contributed by atoms with E-state index in [1.165, 1.54) is 12.4 Å². The van der Waals surface area contributed by atoms with Gasteiger partial charge in [0.15, 0.2) is 6.17 Å². The normalized spacial score (nSPS) is 19.9. The van der Waals surface area contributed by atoms with Gasteiger partial charge >= 0.3 is 0 Å². The average molecular weight is 130 g/mol. The molecule has 2 N–H and O–H groups in total. The van der Waals surface area contributed by atoms with E-state index < -0.39 is 0 Å². The lowest BCUT2D eigenvalue weighted by molar-refractivity contribution is -0.184. The number of hydrogen-bond donors (Lipinski definition) is 2. The van der Waals surface area contributed by atoms with Crippen molar-refractivity contribution >= 4 is 0 Å². The minimum absolute atomic E-state index is 0.301. The first kappa shape index (κ1) is 6.38. The molecule has 0 fully saturated rings. The smallest absolute Gasteiger partial charge is 0.150 e. The van der Waals surface area contributed by atoms with Crippen molar-refractivity contribution in [1.29, 1.82) is 0 Å². The quantitative estimate of drug-likeness (QED) is 0.545. The van der Waals surface area contributed by atoms with Crippen molar-refractivity contribution in [2.45, 2.75) is 19.5 Å². The van der Waals surface area contributed by atoms with Gasteiger partial charge in [-0.1, -0.05) is 6.92 Å². The highest BCUT2D eigenvalue weighted by Crippen LogP contribution is 2.12. The summed E-state index contributed by atoms with van der Waals surface area (Å²) < 4.78 is 0. The lowest BCUT2D eigenvalue weighted by Gasteiger charge is -2.21. The summed E-state index contributed by atoms with van der Waals surface area (Å²) in [5.74, 6) is 0. The Morgan fingerprint density at radius 1 is 1.33 bits per heavy atom. The van der Waals surface area contributed by atoms with E-state index in [2.05, 4.69) is 0 Å². The van der Waals surface area contributed by atoms with Crippen LogP contribution in [-0.4, -0.2) is 26.7 Å². The summed E-state index contributed by atoms with van der Waals surface area (Å²) in [6, 6.07) is 0. The molecular formula is C5H10N2O2. The van der Waals surface area contributed by atoms with Crippen molar-refractivity contribution in [3.8, 4) is 0 Å². The second kappa shape index (κ2) is 2.24. The Hall–Kier alpha value is -0.740. The van der Waals surface area contributed by atoms with Crippen molar-refractivity contribution in [3.05, 3.63) is 12.4 Å². The van der Waals surface area contributed by atoms with Crippen molar-refractivity contribution in [2.75, 3.05) is 0 Å². The van der Waals surface area contributed by atoms with E-state index in [0.29, 0.717) is 6.42 Å². The second-order valence-electron chi connectivity index (χ2n) is 1.95. The first-order valence-corrected chi connectivity index (χ1v) is 2.88. The molecule has 52 valence electrons. The van der Waals surface area contributed by atoms with Crippen LogP contribution in [0.1, 0.15) is 13.3 Å². The van der Waals surface area contributed by atoms with E-state index in [-0.39, 0.29) is 6.17 Å². The zero-order valence-electron chi connectivity index (χ0n) is 5.23. The number of hydroxylamine groups is 4. The average Bonchev–Trinajstić information content (AvgIpc) is 2.12. The van der Waals surface area contributed by atoms with Crippen LogP contribution in [0.25, 0.3) is 0 Å². The summed E-state index contributed by atoms with van der Waals surface area (Å²) in [6.45, 7) is 1.88. The Bertz CT molecular complexity index is 114. The van der Waals surface area contributed by atoms with Crippen LogP contribution in [-0.2, 0) is 0 Å². The van der Waals surface area contributed by atoms with Crippen molar-refractivity contribution in [3.63, 3.8) is 0 Å². The molecule has 1 rings (SSSR count). The first-order valence-electron chi connectivity index (χ1n) is 2.88. The molecule has 1 heterocycles. The van der Waals surface area contributed by atoms with Gasteiger partial charge in [-0.05, 0) is 6.42 Å². The molecule has 0 aromatic carbocycles. The highest BCUT2D eigenvalue weighted by Gasteiger charge is 2.21. The van der Waals surface area contributed by atoms with E-state index in [4.69, 9.17) is 10.4 Å². The summed E-state index contributed by atoms with van der Waals surface area (Å²) in [5.41, 5.74) is 0. The monoisotopic (exact) mass is 130 g/mol. The zero-order chi connectivity index (χ0) is 6.85. The molecule has 1 aliphatic rings. The molecule has 9 heavy (non-hydrogen) atoms. The van der Waals surface area contributed by atoms with Gasteiger partial charge in [0, 0.05) is 12.4 Å². The van der Waals surface area contributed by atoms with E-state index in [0.717, 1.165) is 10.1 Å². The van der Waals surface area contributed by atoms with Gasteiger partial charge in [0.1, 0.15) is 0 Å². The predicted octanol–water partition coefficient (Wildman–Crippen LogP) is 0.590. The van der Waals surface area contributed by atoms with Gasteiger partial charge in [-0.15, -0.1) is 0 Å². The van der Waals surface area contributed by atoms with Crippen molar-refractivity contribution < 1.29 is 10.4 Å². The Balaban J connectivity index is 2.53. The van der Waals surface area contributed by atoms with Crippen LogP contribution >= 0.6 is 0 Å². The molecule has 0 saturated carbocycles. The van der Waals surface area contributed by atoms with E-state index in [1.807, 2.05) is 6.92 Å². The second-order valence-corrected chi connectivity index (χ2v) is 1.95. The third-order valence-electron chi connectivity index (χ3n) is 1.35. The maximum Gasteiger partial charge on any atom is 0.150 e. The molecule has 0 bridgehead atoms. The lowest BCUT2D eigenvalue weighted by Crippen LogP contribution is -2.33. The molecule has 0 atom stereocenters. The molecule has 0 unspecified atom stereocenters. The van der Waals surface area contributed by atoms with E-state index in [1.54, 1.807) is 0 Å². The van der Waals surface area contributed by atoms with Crippen LogP contribution in [0.5, 0.6) is 0 Å². The molecule has 0 spiro atoms.